The SMILES string of the molecule is CC(Oc1ccc(Cl)cc1Cl)C(=O)NNC(=S)NC(=O)c1ccccc1F. The first-order chi connectivity index (χ1) is 12.8. The summed E-state index contributed by atoms with van der Waals surface area (Å²) in [6.07, 6.45) is -0.929. The third kappa shape index (κ3) is 6.06. The number of thiocarbonyl (C=S) groups is 1. The molecule has 1 atom stereocenters. The van der Waals surface area contributed by atoms with Crippen molar-refractivity contribution in [3.05, 3.63) is 63.9 Å². The van der Waals surface area contributed by atoms with Crippen molar-refractivity contribution in [2.45, 2.75) is 13.0 Å². The largest absolute Gasteiger partial charge is 0.479 e. The predicted octanol–water partition coefficient (Wildman–Crippen LogP) is 3.24. The van der Waals surface area contributed by atoms with Crippen molar-refractivity contribution in [2.75, 3.05) is 0 Å². The summed E-state index contributed by atoms with van der Waals surface area (Å²) < 4.78 is 19.0. The number of hydrogen-bond donors (Lipinski definition) is 3. The smallest absolute Gasteiger partial charge is 0.279 e. The van der Waals surface area contributed by atoms with Crippen LogP contribution in [0.2, 0.25) is 10.0 Å². The van der Waals surface area contributed by atoms with Crippen LogP contribution in [0.5, 0.6) is 5.75 Å². The second kappa shape index (κ2) is 9.50. The molecule has 0 bridgehead atoms. The molecule has 0 aliphatic rings. The van der Waals surface area contributed by atoms with Crippen molar-refractivity contribution in [3.63, 3.8) is 0 Å². The highest BCUT2D eigenvalue weighted by atomic mass is 35.5. The van der Waals surface area contributed by atoms with E-state index in [-0.39, 0.29) is 21.4 Å². The predicted molar refractivity (Wildman–Crippen MR) is 104 cm³/mol. The molecule has 0 saturated heterocycles. The number of halogens is 3. The molecular formula is C17H14Cl2FN3O3S. The molecule has 6 nitrogen and oxygen atoms in total. The van der Waals surface area contributed by atoms with Gasteiger partial charge in [0.25, 0.3) is 11.8 Å². The fourth-order valence-electron chi connectivity index (χ4n) is 1.88. The van der Waals surface area contributed by atoms with Gasteiger partial charge >= 0.3 is 0 Å². The summed E-state index contributed by atoms with van der Waals surface area (Å²) in [4.78, 5) is 24.0. The van der Waals surface area contributed by atoms with E-state index in [4.69, 9.17) is 40.2 Å². The molecule has 0 aromatic heterocycles. The van der Waals surface area contributed by atoms with Crippen LogP contribution in [0.25, 0.3) is 0 Å². The van der Waals surface area contributed by atoms with E-state index in [1.54, 1.807) is 6.07 Å². The Bertz CT molecular complexity index is 882. The topological polar surface area (TPSA) is 79.5 Å². The van der Waals surface area contributed by atoms with Crippen LogP contribution in [0, 0.1) is 5.82 Å². The number of amides is 2. The standard InChI is InChI=1S/C17H14Cl2FN3O3S/c1-9(26-14-7-6-10(18)8-12(14)19)15(24)22-23-17(27)21-16(25)11-4-2-3-5-13(11)20/h2-9H,1H3,(H,22,24)(H2,21,23,25,27). The third-order valence-electron chi connectivity index (χ3n) is 3.21. The lowest BCUT2D eigenvalue weighted by Gasteiger charge is -2.17. The molecule has 0 aliphatic carbocycles. The molecule has 0 saturated carbocycles. The van der Waals surface area contributed by atoms with Crippen LogP contribution in [0.1, 0.15) is 17.3 Å². The summed E-state index contributed by atoms with van der Waals surface area (Å²) in [6.45, 7) is 1.49. The molecule has 0 spiro atoms. The van der Waals surface area contributed by atoms with Gasteiger partial charge in [0.05, 0.1) is 10.6 Å². The first kappa shape index (κ1) is 20.9. The Hall–Kier alpha value is -2.42. The average molecular weight is 430 g/mol. The molecule has 0 fully saturated rings. The molecule has 3 N–H and O–H groups in total. The fourth-order valence-corrected chi connectivity index (χ4v) is 2.48. The van der Waals surface area contributed by atoms with Crippen LogP contribution < -0.4 is 20.9 Å². The van der Waals surface area contributed by atoms with Crippen LogP contribution in [0.3, 0.4) is 0 Å². The number of carbonyl (C=O) groups excluding carboxylic acids is 2. The van der Waals surface area contributed by atoms with Gasteiger partial charge in [-0.25, -0.2) is 4.39 Å². The Labute approximate surface area is 170 Å². The number of benzene rings is 2. The summed E-state index contributed by atoms with van der Waals surface area (Å²) >= 11 is 16.7. The van der Waals surface area contributed by atoms with Crippen molar-refractivity contribution in [1.29, 1.82) is 0 Å². The summed E-state index contributed by atoms with van der Waals surface area (Å²) in [6, 6.07) is 9.99. The summed E-state index contributed by atoms with van der Waals surface area (Å²) in [5, 5.41) is 2.72. The average Bonchev–Trinajstić information content (AvgIpc) is 2.62. The fraction of sp³-hybridized carbons (Fsp3) is 0.118. The number of nitrogens with one attached hydrogen (secondary N) is 3. The first-order valence-corrected chi connectivity index (χ1v) is 8.71. The summed E-state index contributed by atoms with van der Waals surface area (Å²) in [5.74, 6) is -1.75. The van der Waals surface area contributed by atoms with Crippen molar-refractivity contribution in [2.24, 2.45) is 0 Å². The number of hydrogen-bond acceptors (Lipinski definition) is 4. The van der Waals surface area contributed by atoms with Gasteiger partial charge in [-0.05, 0) is 49.5 Å². The molecule has 27 heavy (non-hydrogen) atoms. The maximum Gasteiger partial charge on any atom is 0.279 e. The normalized spacial score (nSPS) is 11.3. The monoisotopic (exact) mass is 429 g/mol. The summed E-state index contributed by atoms with van der Waals surface area (Å²) in [5.41, 5.74) is 4.43. The van der Waals surface area contributed by atoms with Gasteiger partial charge in [0.15, 0.2) is 11.2 Å². The van der Waals surface area contributed by atoms with Gasteiger partial charge in [0.1, 0.15) is 11.6 Å². The Kier molecular flexibility index (Phi) is 7.35. The summed E-state index contributed by atoms with van der Waals surface area (Å²) in [7, 11) is 0. The van der Waals surface area contributed by atoms with Gasteiger partial charge < -0.3 is 4.74 Å². The highest BCUT2D eigenvalue weighted by molar-refractivity contribution is 7.80. The minimum Gasteiger partial charge on any atom is -0.479 e. The molecule has 0 radical (unpaired) electrons. The van der Waals surface area contributed by atoms with Crippen LogP contribution in [-0.4, -0.2) is 23.0 Å². The highest BCUT2D eigenvalue weighted by Gasteiger charge is 2.17. The molecule has 10 heteroatoms. The molecule has 142 valence electrons. The van der Waals surface area contributed by atoms with E-state index in [1.165, 1.54) is 37.3 Å². The zero-order valence-electron chi connectivity index (χ0n) is 13.9. The van der Waals surface area contributed by atoms with Crippen LogP contribution in [-0.2, 0) is 4.79 Å². The van der Waals surface area contributed by atoms with Gasteiger partial charge in [-0.3, -0.25) is 25.8 Å². The molecule has 2 aromatic carbocycles. The molecular weight excluding hydrogens is 416 g/mol. The molecule has 0 heterocycles. The molecule has 0 aliphatic heterocycles. The van der Waals surface area contributed by atoms with Gasteiger partial charge in [-0.1, -0.05) is 35.3 Å². The van der Waals surface area contributed by atoms with Crippen LogP contribution in [0.15, 0.2) is 42.5 Å². The molecule has 2 amide bonds. The number of ether oxygens (including phenoxy) is 1. The first-order valence-electron chi connectivity index (χ1n) is 7.55. The number of rotatable bonds is 4. The quantitative estimate of drug-likeness (QED) is 0.513. The van der Waals surface area contributed by atoms with Crippen molar-refractivity contribution in [1.82, 2.24) is 16.2 Å². The van der Waals surface area contributed by atoms with E-state index in [0.717, 1.165) is 6.07 Å². The van der Waals surface area contributed by atoms with E-state index >= 15 is 0 Å². The molecule has 1 unspecified atom stereocenters. The van der Waals surface area contributed by atoms with E-state index in [9.17, 15) is 14.0 Å². The van der Waals surface area contributed by atoms with Crippen molar-refractivity contribution >= 4 is 52.3 Å². The minimum atomic E-state index is -0.929. The van der Waals surface area contributed by atoms with Gasteiger partial charge in [-0.15, -0.1) is 0 Å². The minimum absolute atomic E-state index is 0.179. The zero-order valence-corrected chi connectivity index (χ0v) is 16.2. The second-order valence-electron chi connectivity index (χ2n) is 5.21. The highest BCUT2D eigenvalue weighted by Crippen LogP contribution is 2.28. The maximum atomic E-state index is 13.5. The van der Waals surface area contributed by atoms with Crippen molar-refractivity contribution < 1.29 is 18.7 Å². The number of carbonyl (C=O) groups is 2. The van der Waals surface area contributed by atoms with Crippen LogP contribution >= 0.6 is 35.4 Å². The van der Waals surface area contributed by atoms with E-state index < -0.39 is 23.7 Å². The Morgan fingerprint density at radius 3 is 2.52 bits per heavy atom. The van der Waals surface area contributed by atoms with Gasteiger partial charge in [0, 0.05) is 5.02 Å². The second-order valence-corrected chi connectivity index (χ2v) is 6.46. The van der Waals surface area contributed by atoms with Crippen molar-refractivity contribution in [3.8, 4) is 5.75 Å². The Balaban J connectivity index is 1.84. The van der Waals surface area contributed by atoms with E-state index in [0.29, 0.717) is 5.02 Å². The van der Waals surface area contributed by atoms with Crippen LogP contribution in [0.4, 0.5) is 4.39 Å². The molecule has 2 rings (SSSR count). The lowest BCUT2D eigenvalue weighted by Crippen LogP contribution is -2.51. The number of hydrazine groups is 1. The Morgan fingerprint density at radius 1 is 1.15 bits per heavy atom. The van der Waals surface area contributed by atoms with Gasteiger partial charge in [-0.2, -0.15) is 0 Å². The zero-order chi connectivity index (χ0) is 20.0. The van der Waals surface area contributed by atoms with E-state index in [2.05, 4.69) is 16.2 Å². The Morgan fingerprint density at radius 2 is 1.85 bits per heavy atom. The molecule has 2 aromatic rings. The lowest BCUT2D eigenvalue weighted by atomic mass is 10.2. The third-order valence-corrected chi connectivity index (χ3v) is 3.95. The van der Waals surface area contributed by atoms with E-state index in [1.807, 2.05) is 0 Å². The van der Waals surface area contributed by atoms with Gasteiger partial charge in [0.2, 0.25) is 0 Å². The maximum absolute atomic E-state index is 13.5. The lowest BCUT2D eigenvalue weighted by molar-refractivity contribution is -0.127.